The lowest BCUT2D eigenvalue weighted by molar-refractivity contribution is 0.260. The number of aliphatic hydroxyl groups is 1. The van der Waals surface area contributed by atoms with Crippen LogP contribution in [-0.4, -0.2) is 44.1 Å². The Morgan fingerprint density at radius 2 is 2.00 bits per heavy atom. The van der Waals surface area contributed by atoms with Crippen LogP contribution in [0.1, 0.15) is 33.1 Å². The maximum atomic E-state index is 12.0. The molecule has 1 aliphatic heterocycles. The third-order valence-electron chi connectivity index (χ3n) is 3.32. The first-order valence-corrected chi connectivity index (χ1v) is 7.75. The van der Waals surface area contributed by atoms with Crippen molar-refractivity contribution in [3.8, 4) is 0 Å². The maximum Gasteiger partial charge on any atom is 0.279 e. The fourth-order valence-electron chi connectivity index (χ4n) is 1.89. The van der Waals surface area contributed by atoms with Crippen molar-refractivity contribution in [3.05, 3.63) is 0 Å². The van der Waals surface area contributed by atoms with Crippen molar-refractivity contribution in [2.45, 2.75) is 33.1 Å². The van der Waals surface area contributed by atoms with E-state index < -0.39 is 10.2 Å². The molecule has 0 aromatic carbocycles. The quantitative estimate of drug-likeness (QED) is 0.737. The molecule has 6 heteroatoms. The largest absolute Gasteiger partial charge is 0.396 e. The molecule has 0 amide bonds. The van der Waals surface area contributed by atoms with Gasteiger partial charge in [-0.3, -0.25) is 0 Å². The van der Waals surface area contributed by atoms with E-state index in [1.807, 2.05) is 6.92 Å². The standard InChI is InChI=1S/C11H24N2O3S/c1-10-3-6-13(7-4-10)17(15,16)12-9-11(2)5-8-14/h10-12,14H,3-9H2,1-2H3. The maximum absolute atomic E-state index is 12.0. The highest BCUT2D eigenvalue weighted by Crippen LogP contribution is 2.18. The molecule has 1 atom stereocenters. The first-order chi connectivity index (χ1) is 7.95. The lowest BCUT2D eigenvalue weighted by atomic mass is 10.0. The topological polar surface area (TPSA) is 69.6 Å². The molecular weight excluding hydrogens is 240 g/mol. The smallest absolute Gasteiger partial charge is 0.279 e. The van der Waals surface area contributed by atoms with Crippen LogP contribution in [0, 0.1) is 11.8 Å². The molecule has 1 rings (SSSR count). The number of piperidine rings is 1. The summed E-state index contributed by atoms with van der Waals surface area (Å²) in [5, 5.41) is 8.76. The third-order valence-corrected chi connectivity index (χ3v) is 4.90. The second kappa shape index (κ2) is 6.68. The van der Waals surface area contributed by atoms with E-state index in [1.54, 1.807) is 0 Å². The number of aliphatic hydroxyl groups excluding tert-OH is 1. The zero-order chi connectivity index (χ0) is 12.9. The molecule has 1 saturated heterocycles. The normalized spacial score (nSPS) is 21.6. The van der Waals surface area contributed by atoms with Crippen LogP contribution in [0.15, 0.2) is 0 Å². The Bertz CT molecular complexity index is 311. The van der Waals surface area contributed by atoms with Crippen molar-refractivity contribution in [2.24, 2.45) is 11.8 Å². The number of hydrogen-bond acceptors (Lipinski definition) is 3. The summed E-state index contributed by atoms with van der Waals surface area (Å²) in [5.41, 5.74) is 0. The second-order valence-electron chi connectivity index (χ2n) is 5.05. The van der Waals surface area contributed by atoms with Crippen LogP contribution in [0.5, 0.6) is 0 Å². The van der Waals surface area contributed by atoms with Gasteiger partial charge in [0.1, 0.15) is 0 Å². The summed E-state index contributed by atoms with van der Waals surface area (Å²) >= 11 is 0. The highest BCUT2D eigenvalue weighted by molar-refractivity contribution is 7.87. The fourth-order valence-corrected chi connectivity index (χ4v) is 3.26. The Balaban J connectivity index is 2.40. The van der Waals surface area contributed by atoms with Gasteiger partial charge in [-0.25, -0.2) is 4.72 Å². The van der Waals surface area contributed by atoms with E-state index in [-0.39, 0.29) is 12.5 Å². The van der Waals surface area contributed by atoms with Crippen molar-refractivity contribution in [1.82, 2.24) is 9.03 Å². The van der Waals surface area contributed by atoms with Gasteiger partial charge in [-0.05, 0) is 31.1 Å². The number of nitrogens with zero attached hydrogens (tertiary/aromatic N) is 1. The van der Waals surface area contributed by atoms with Crippen LogP contribution < -0.4 is 4.72 Å². The minimum atomic E-state index is -3.32. The van der Waals surface area contributed by atoms with Crippen LogP contribution in [0.4, 0.5) is 0 Å². The van der Waals surface area contributed by atoms with Crippen molar-refractivity contribution in [2.75, 3.05) is 26.2 Å². The SMILES string of the molecule is CC1CCN(S(=O)(=O)NCC(C)CCO)CC1. The predicted octanol–water partition coefficient (Wildman–Crippen LogP) is 0.571. The molecule has 1 aliphatic rings. The molecule has 2 N–H and O–H groups in total. The van der Waals surface area contributed by atoms with Crippen molar-refractivity contribution in [1.29, 1.82) is 0 Å². The Hall–Kier alpha value is -0.170. The molecule has 1 unspecified atom stereocenters. The first kappa shape index (κ1) is 14.9. The lowest BCUT2D eigenvalue weighted by Crippen LogP contribution is -2.45. The molecule has 102 valence electrons. The van der Waals surface area contributed by atoms with Crippen LogP contribution in [0.25, 0.3) is 0 Å². The van der Waals surface area contributed by atoms with Gasteiger partial charge in [-0.1, -0.05) is 13.8 Å². The van der Waals surface area contributed by atoms with Crippen molar-refractivity contribution < 1.29 is 13.5 Å². The van der Waals surface area contributed by atoms with Crippen LogP contribution in [0.3, 0.4) is 0 Å². The number of nitrogens with one attached hydrogen (secondary N) is 1. The van der Waals surface area contributed by atoms with E-state index in [2.05, 4.69) is 11.6 Å². The average molecular weight is 264 g/mol. The molecule has 0 aromatic rings. The van der Waals surface area contributed by atoms with Crippen molar-refractivity contribution in [3.63, 3.8) is 0 Å². The lowest BCUT2D eigenvalue weighted by Gasteiger charge is -2.29. The summed E-state index contributed by atoms with van der Waals surface area (Å²) in [6.45, 7) is 5.81. The highest BCUT2D eigenvalue weighted by atomic mass is 32.2. The molecule has 17 heavy (non-hydrogen) atoms. The van der Waals surface area contributed by atoms with Gasteiger partial charge in [0.15, 0.2) is 0 Å². The Morgan fingerprint density at radius 3 is 2.53 bits per heavy atom. The number of rotatable bonds is 6. The highest BCUT2D eigenvalue weighted by Gasteiger charge is 2.26. The molecule has 1 fully saturated rings. The Kier molecular flexibility index (Phi) is 5.85. The summed E-state index contributed by atoms with van der Waals surface area (Å²) in [5.74, 6) is 0.785. The average Bonchev–Trinajstić information content (AvgIpc) is 2.28. The van der Waals surface area contributed by atoms with Crippen LogP contribution in [-0.2, 0) is 10.2 Å². The molecule has 0 aliphatic carbocycles. The summed E-state index contributed by atoms with van der Waals surface area (Å²) in [6.07, 6.45) is 2.50. The van der Waals surface area contributed by atoms with Crippen LogP contribution >= 0.6 is 0 Å². The second-order valence-corrected chi connectivity index (χ2v) is 6.81. The van der Waals surface area contributed by atoms with E-state index >= 15 is 0 Å². The van der Waals surface area contributed by atoms with Gasteiger partial charge < -0.3 is 5.11 Å². The van der Waals surface area contributed by atoms with Crippen molar-refractivity contribution >= 4 is 10.2 Å². The van der Waals surface area contributed by atoms with E-state index in [0.717, 1.165) is 12.8 Å². The molecule has 0 saturated carbocycles. The van der Waals surface area contributed by atoms with Crippen LogP contribution in [0.2, 0.25) is 0 Å². The zero-order valence-electron chi connectivity index (χ0n) is 10.7. The van der Waals surface area contributed by atoms with E-state index in [9.17, 15) is 8.42 Å². The summed E-state index contributed by atoms with van der Waals surface area (Å²) in [4.78, 5) is 0. The Morgan fingerprint density at radius 1 is 1.41 bits per heavy atom. The summed E-state index contributed by atoms with van der Waals surface area (Å²) in [6, 6.07) is 0. The molecule has 1 heterocycles. The zero-order valence-corrected chi connectivity index (χ0v) is 11.5. The monoisotopic (exact) mass is 264 g/mol. The van der Waals surface area contributed by atoms with Gasteiger partial charge in [0.2, 0.25) is 0 Å². The number of hydrogen-bond donors (Lipinski definition) is 2. The van der Waals surface area contributed by atoms with Gasteiger partial charge in [0.25, 0.3) is 10.2 Å². The van der Waals surface area contributed by atoms with Gasteiger partial charge in [0, 0.05) is 26.2 Å². The Labute approximate surface area is 104 Å². The van der Waals surface area contributed by atoms with E-state index in [0.29, 0.717) is 32.0 Å². The minimum Gasteiger partial charge on any atom is -0.396 e. The summed E-state index contributed by atoms with van der Waals surface area (Å²) < 4.78 is 28.0. The first-order valence-electron chi connectivity index (χ1n) is 6.31. The molecule has 0 bridgehead atoms. The molecule has 0 aromatic heterocycles. The molecule has 0 spiro atoms. The molecular formula is C11H24N2O3S. The van der Waals surface area contributed by atoms with Gasteiger partial charge in [-0.2, -0.15) is 12.7 Å². The van der Waals surface area contributed by atoms with E-state index in [1.165, 1.54) is 4.31 Å². The summed E-state index contributed by atoms with van der Waals surface area (Å²) in [7, 11) is -3.32. The van der Waals surface area contributed by atoms with Gasteiger partial charge in [-0.15, -0.1) is 0 Å². The third kappa shape index (κ3) is 4.91. The molecule has 0 radical (unpaired) electrons. The van der Waals surface area contributed by atoms with Gasteiger partial charge >= 0.3 is 0 Å². The molecule has 5 nitrogen and oxygen atoms in total. The minimum absolute atomic E-state index is 0.101. The van der Waals surface area contributed by atoms with Gasteiger partial charge in [0.05, 0.1) is 0 Å². The fraction of sp³-hybridized carbons (Fsp3) is 1.00. The van der Waals surface area contributed by atoms with E-state index in [4.69, 9.17) is 5.11 Å². The predicted molar refractivity (Wildman–Crippen MR) is 67.8 cm³/mol.